The van der Waals surface area contributed by atoms with E-state index in [2.05, 4.69) is 4.74 Å². The van der Waals surface area contributed by atoms with Crippen LogP contribution < -0.4 is 0 Å². The lowest BCUT2D eigenvalue weighted by atomic mass is 10.2. The van der Waals surface area contributed by atoms with Crippen molar-refractivity contribution < 1.29 is 4.74 Å². The molecule has 0 saturated carbocycles. The van der Waals surface area contributed by atoms with Crippen LogP contribution in [0.3, 0.4) is 0 Å². The maximum atomic E-state index is 8.10. The fraction of sp³-hybridized carbons (Fsp3) is 0.600. The molecule has 2 heteroatoms. The van der Waals surface area contributed by atoms with Crippen LogP contribution in [0.25, 0.3) is 0 Å². The average Bonchev–Trinajstić information content (AvgIpc) is 1.68. The minimum Gasteiger partial charge on any atom is -0.383 e. The molecule has 0 unspecified atom stereocenters. The van der Waals surface area contributed by atoms with Gasteiger partial charge in [-0.15, -0.1) is 0 Å². The van der Waals surface area contributed by atoms with Gasteiger partial charge in [0.25, 0.3) is 0 Å². The van der Waals surface area contributed by atoms with Crippen molar-refractivity contribution in [2.75, 3.05) is 13.7 Å². The van der Waals surface area contributed by atoms with Crippen molar-refractivity contribution in [1.82, 2.24) is 0 Å². The van der Waals surface area contributed by atoms with E-state index in [-0.39, 0.29) is 0 Å². The van der Waals surface area contributed by atoms with Crippen molar-refractivity contribution >= 4 is 0 Å². The molecule has 0 saturated heterocycles. The first kappa shape index (κ1) is 6.45. The zero-order valence-corrected chi connectivity index (χ0v) is 4.56. The van der Waals surface area contributed by atoms with Crippen LogP contribution in [-0.2, 0) is 4.74 Å². The molecule has 0 bridgehead atoms. The molecule has 0 aromatic heterocycles. The van der Waals surface area contributed by atoms with Crippen molar-refractivity contribution in [3.05, 3.63) is 5.92 Å². The maximum Gasteiger partial charge on any atom is 0.0983 e. The van der Waals surface area contributed by atoms with E-state index in [0.717, 1.165) is 0 Å². The fourth-order valence-corrected chi connectivity index (χ4v) is 0.249. The Kier molecular flexibility index (Phi) is 3.35. The summed E-state index contributed by atoms with van der Waals surface area (Å²) in [5.74, 6) is 0.711. The SMILES string of the molecule is COC[C](C)C#N. The van der Waals surface area contributed by atoms with Crippen LogP contribution in [-0.4, -0.2) is 13.7 Å². The van der Waals surface area contributed by atoms with Gasteiger partial charge in [-0.1, -0.05) is 0 Å². The average molecular weight is 98.1 g/mol. The lowest BCUT2D eigenvalue weighted by Gasteiger charge is -1.94. The van der Waals surface area contributed by atoms with Gasteiger partial charge >= 0.3 is 0 Å². The van der Waals surface area contributed by atoms with Gasteiger partial charge in [-0.2, -0.15) is 5.26 Å². The molecule has 39 valence electrons. The Balaban J connectivity index is 3.04. The zero-order chi connectivity index (χ0) is 5.70. The highest BCUT2D eigenvalue weighted by Crippen LogP contribution is 1.91. The highest BCUT2D eigenvalue weighted by atomic mass is 16.5. The monoisotopic (exact) mass is 98.1 g/mol. The highest BCUT2D eigenvalue weighted by Gasteiger charge is 1.95. The van der Waals surface area contributed by atoms with Crippen LogP contribution in [0.15, 0.2) is 0 Å². The Labute approximate surface area is 43.7 Å². The third-order valence-corrected chi connectivity index (χ3v) is 0.552. The maximum absolute atomic E-state index is 8.10. The molecule has 0 heterocycles. The summed E-state index contributed by atoms with van der Waals surface area (Å²) in [5.41, 5.74) is 0. The number of methoxy groups -OCH3 is 1. The Bertz CT molecular complexity index is 74.6. The van der Waals surface area contributed by atoms with Gasteiger partial charge in [0.1, 0.15) is 0 Å². The highest BCUT2D eigenvalue weighted by molar-refractivity contribution is 5.06. The number of hydrogen-bond donors (Lipinski definition) is 0. The third-order valence-electron chi connectivity index (χ3n) is 0.552. The quantitative estimate of drug-likeness (QED) is 0.510. The summed E-state index contributed by atoms with van der Waals surface area (Å²) in [6.45, 7) is 2.19. The van der Waals surface area contributed by atoms with E-state index in [4.69, 9.17) is 5.26 Å². The third kappa shape index (κ3) is 3.28. The van der Waals surface area contributed by atoms with Crippen molar-refractivity contribution in [2.45, 2.75) is 6.92 Å². The summed E-state index contributed by atoms with van der Waals surface area (Å²) in [6, 6.07) is 1.96. The van der Waals surface area contributed by atoms with Crippen LogP contribution in [0, 0.1) is 17.2 Å². The van der Waals surface area contributed by atoms with Crippen LogP contribution in [0.2, 0.25) is 0 Å². The van der Waals surface area contributed by atoms with Crippen molar-refractivity contribution in [2.24, 2.45) is 0 Å². The second-order valence-corrected chi connectivity index (χ2v) is 1.33. The molecule has 0 fully saturated rings. The summed E-state index contributed by atoms with van der Waals surface area (Å²) >= 11 is 0. The molecule has 0 N–H and O–H groups in total. The molecule has 1 radical (unpaired) electrons. The molecule has 0 rings (SSSR count). The van der Waals surface area contributed by atoms with Crippen LogP contribution >= 0.6 is 0 Å². The number of ether oxygens (including phenoxy) is 1. The van der Waals surface area contributed by atoms with Crippen molar-refractivity contribution in [3.8, 4) is 6.07 Å². The van der Waals surface area contributed by atoms with Crippen LogP contribution in [0.1, 0.15) is 6.92 Å². The molecule has 0 aliphatic carbocycles. The number of rotatable bonds is 2. The van der Waals surface area contributed by atoms with E-state index >= 15 is 0 Å². The molecule has 0 aliphatic heterocycles. The van der Waals surface area contributed by atoms with E-state index < -0.39 is 0 Å². The van der Waals surface area contributed by atoms with Gasteiger partial charge in [0.05, 0.1) is 18.6 Å². The number of nitriles is 1. The molecular weight excluding hydrogens is 90.1 g/mol. The van der Waals surface area contributed by atoms with Crippen LogP contribution in [0.4, 0.5) is 0 Å². The minimum atomic E-state index is 0.455. The molecular formula is C5H8NO. The standard InChI is InChI=1S/C5H8NO/c1-5(3-6)4-7-2/h4H2,1-2H3. The largest absolute Gasteiger partial charge is 0.383 e. The molecule has 0 aromatic rings. The molecule has 0 aromatic carbocycles. The Hall–Kier alpha value is -0.550. The van der Waals surface area contributed by atoms with E-state index in [1.54, 1.807) is 14.0 Å². The summed E-state index contributed by atoms with van der Waals surface area (Å²) in [7, 11) is 1.57. The minimum absolute atomic E-state index is 0.455. The van der Waals surface area contributed by atoms with Crippen LogP contribution in [0.5, 0.6) is 0 Å². The Morgan fingerprint density at radius 1 is 1.86 bits per heavy atom. The van der Waals surface area contributed by atoms with Crippen molar-refractivity contribution in [3.63, 3.8) is 0 Å². The molecule has 2 nitrogen and oxygen atoms in total. The smallest absolute Gasteiger partial charge is 0.0983 e. The second kappa shape index (κ2) is 3.63. The molecule has 0 aliphatic rings. The lowest BCUT2D eigenvalue weighted by Crippen LogP contribution is -1.96. The molecule has 0 amide bonds. The van der Waals surface area contributed by atoms with Gasteiger partial charge in [-0.3, -0.25) is 0 Å². The second-order valence-electron chi connectivity index (χ2n) is 1.33. The molecule has 7 heavy (non-hydrogen) atoms. The fourth-order valence-electron chi connectivity index (χ4n) is 0.249. The van der Waals surface area contributed by atoms with Gasteiger partial charge in [-0.25, -0.2) is 0 Å². The Morgan fingerprint density at radius 3 is 2.57 bits per heavy atom. The van der Waals surface area contributed by atoms with Gasteiger partial charge in [0, 0.05) is 7.11 Å². The lowest BCUT2D eigenvalue weighted by molar-refractivity contribution is 0.216. The van der Waals surface area contributed by atoms with E-state index in [1.165, 1.54) is 0 Å². The summed E-state index contributed by atoms with van der Waals surface area (Å²) < 4.78 is 4.63. The van der Waals surface area contributed by atoms with E-state index in [0.29, 0.717) is 12.5 Å². The van der Waals surface area contributed by atoms with E-state index in [1.807, 2.05) is 6.07 Å². The molecule has 0 atom stereocenters. The van der Waals surface area contributed by atoms with E-state index in [9.17, 15) is 0 Å². The predicted molar refractivity (Wildman–Crippen MR) is 26.4 cm³/mol. The topological polar surface area (TPSA) is 33.0 Å². The number of hydrogen-bond acceptors (Lipinski definition) is 2. The normalized spacial score (nSPS) is 8.86. The predicted octanol–water partition coefficient (Wildman–Crippen LogP) is 0.751. The molecule has 0 spiro atoms. The van der Waals surface area contributed by atoms with Gasteiger partial charge < -0.3 is 4.74 Å². The van der Waals surface area contributed by atoms with Gasteiger partial charge in [-0.05, 0) is 6.92 Å². The summed E-state index contributed by atoms with van der Waals surface area (Å²) in [4.78, 5) is 0. The first-order valence-electron chi connectivity index (χ1n) is 2.02. The zero-order valence-electron chi connectivity index (χ0n) is 4.56. The van der Waals surface area contributed by atoms with Crippen molar-refractivity contribution in [1.29, 1.82) is 5.26 Å². The summed E-state index contributed by atoms with van der Waals surface area (Å²) in [5, 5.41) is 8.10. The summed E-state index contributed by atoms with van der Waals surface area (Å²) in [6.07, 6.45) is 0. The Morgan fingerprint density at radius 2 is 2.43 bits per heavy atom. The first-order chi connectivity index (χ1) is 3.31. The van der Waals surface area contributed by atoms with Gasteiger partial charge in [0.15, 0.2) is 0 Å². The first-order valence-corrected chi connectivity index (χ1v) is 2.02. The number of nitrogens with zero attached hydrogens (tertiary/aromatic N) is 1. The van der Waals surface area contributed by atoms with Gasteiger partial charge in [0.2, 0.25) is 0 Å².